The summed E-state index contributed by atoms with van der Waals surface area (Å²) in [6.45, 7) is 6.38. The van der Waals surface area contributed by atoms with Gasteiger partial charge in [-0.3, -0.25) is 5.32 Å². The molecule has 1 atom stereocenters. The average Bonchev–Trinajstić information content (AvgIpc) is 2.38. The number of carbonyl (C=O) groups excluding carboxylic acids is 1. The van der Waals surface area contributed by atoms with Crippen LogP contribution in [0.4, 0.5) is 4.39 Å². The van der Waals surface area contributed by atoms with E-state index in [2.05, 4.69) is 5.32 Å². The van der Waals surface area contributed by atoms with Crippen LogP contribution in [0.15, 0.2) is 18.2 Å². The van der Waals surface area contributed by atoms with E-state index in [1.165, 1.54) is 25.3 Å². The third kappa shape index (κ3) is 3.67. The molecule has 0 aliphatic carbocycles. The highest BCUT2D eigenvalue weighted by Crippen LogP contribution is 2.27. The van der Waals surface area contributed by atoms with Crippen molar-refractivity contribution in [2.24, 2.45) is 5.92 Å². The van der Waals surface area contributed by atoms with E-state index < -0.39 is 17.3 Å². The maximum Gasteiger partial charge on any atom is 0.330 e. The van der Waals surface area contributed by atoms with Crippen molar-refractivity contribution < 1.29 is 13.9 Å². The molecule has 1 N–H and O–H groups in total. The minimum absolute atomic E-state index is 0.0148. The summed E-state index contributed by atoms with van der Waals surface area (Å²) in [5.41, 5.74) is -0.470. The van der Waals surface area contributed by atoms with E-state index in [1.807, 2.05) is 13.8 Å². The zero-order chi connectivity index (χ0) is 14.6. The molecule has 0 aliphatic heterocycles. The van der Waals surface area contributed by atoms with E-state index in [0.29, 0.717) is 18.0 Å². The van der Waals surface area contributed by atoms with Crippen LogP contribution in [0.25, 0.3) is 0 Å². The van der Waals surface area contributed by atoms with Crippen LogP contribution >= 0.6 is 11.6 Å². The number of carbonyl (C=O) groups is 1. The summed E-state index contributed by atoms with van der Waals surface area (Å²) in [7, 11) is 1.32. The Bertz CT molecular complexity index is 465. The first-order valence-electron chi connectivity index (χ1n) is 6.10. The molecule has 0 aliphatic rings. The van der Waals surface area contributed by atoms with Gasteiger partial charge in [0.05, 0.1) is 12.1 Å². The van der Waals surface area contributed by atoms with Crippen molar-refractivity contribution in [2.75, 3.05) is 13.7 Å². The van der Waals surface area contributed by atoms with Crippen LogP contribution in [0.3, 0.4) is 0 Å². The molecule has 1 unspecified atom stereocenters. The van der Waals surface area contributed by atoms with Gasteiger partial charge in [0.25, 0.3) is 0 Å². The first-order valence-corrected chi connectivity index (χ1v) is 6.48. The SMILES string of the molecule is COC(=O)C(C)(NCC(C)C)c1ccc(F)c(Cl)c1. The number of nitrogens with one attached hydrogen (secondary N) is 1. The van der Waals surface area contributed by atoms with Crippen molar-refractivity contribution in [3.05, 3.63) is 34.6 Å². The van der Waals surface area contributed by atoms with E-state index in [-0.39, 0.29) is 5.02 Å². The van der Waals surface area contributed by atoms with Crippen molar-refractivity contribution in [1.82, 2.24) is 5.32 Å². The van der Waals surface area contributed by atoms with Gasteiger partial charge in [0.15, 0.2) is 0 Å². The Morgan fingerprint density at radius 1 is 1.53 bits per heavy atom. The summed E-state index contributed by atoms with van der Waals surface area (Å²) in [5.74, 6) is -0.586. The van der Waals surface area contributed by atoms with Gasteiger partial charge in [-0.2, -0.15) is 0 Å². The summed E-state index contributed by atoms with van der Waals surface area (Å²) in [5, 5.41) is 3.14. The van der Waals surface area contributed by atoms with E-state index >= 15 is 0 Å². The van der Waals surface area contributed by atoms with Crippen molar-refractivity contribution in [2.45, 2.75) is 26.3 Å². The topological polar surface area (TPSA) is 38.3 Å². The Hall–Kier alpha value is -1.13. The van der Waals surface area contributed by atoms with Gasteiger partial charge in [0.1, 0.15) is 11.4 Å². The Kier molecular flexibility index (Phi) is 5.32. The third-order valence-electron chi connectivity index (χ3n) is 2.95. The van der Waals surface area contributed by atoms with Crippen LogP contribution in [0.1, 0.15) is 26.3 Å². The molecular weight excluding hydrogens is 269 g/mol. The maximum atomic E-state index is 13.2. The smallest absolute Gasteiger partial charge is 0.330 e. The Balaban J connectivity index is 3.14. The first-order chi connectivity index (χ1) is 8.81. The summed E-state index contributed by atoms with van der Waals surface area (Å²) in [6.07, 6.45) is 0. The van der Waals surface area contributed by atoms with Gasteiger partial charge in [-0.15, -0.1) is 0 Å². The molecule has 0 spiro atoms. The van der Waals surface area contributed by atoms with Gasteiger partial charge >= 0.3 is 5.97 Å². The number of esters is 1. The number of methoxy groups -OCH3 is 1. The number of ether oxygens (including phenoxy) is 1. The molecule has 5 heteroatoms. The molecule has 1 aromatic carbocycles. The molecular formula is C14H19ClFNO2. The normalized spacial score (nSPS) is 14.3. The van der Waals surface area contributed by atoms with Gasteiger partial charge in [-0.25, -0.2) is 9.18 Å². The zero-order valence-electron chi connectivity index (χ0n) is 11.6. The second-order valence-corrected chi connectivity index (χ2v) is 5.43. The van der Waals surface area contributed by atoms with Gasteiger partial charge in [-0.05, 0) is 37.1 Å². The lowest BCUT2D eigenvalue weighted by Gasteiger charge is -2.29. The van der Waals surface area contributed by atoms with E-state index in [4.69, 9.17) is 16.3 Å². The van der Waals surface area contributed by atoms with Gasteiger partial charge in [0.2, 0.25) is 0 Å². The standard InChI is InChI=1S/C14H19ClFNO2/c1-9(2)8-17-14(3,13(18)19-4)10-5-6-12(16)11(15)7-10/h5-7,9,17H,8H2,1-4H3. The minimum atomic E-state index is -1.05. The monoisotopic (exact) mass is 287 g/mol. The molecule has 0 amide bonds. The highest BCUT2D eigenvalue weighted by Gasteiger charge is 2.36. The summed E-state index contributed by atoms with van der Waals surface area (Å²) >= 11 is 5.78. The predicted octanol–water partition coefficient (Wildman–Crippen LogP) is 3.11. The van der Waals surface area contributed by atoms with Crippen molar-refractivity contribution in [3.8, 4) is 0 Å². The molecule has 0 aromatic heterocycles. The largest absolute Gasteiger partial charge is 0.467 e. The van der Waals surface area contributed by atoms with E-state index in [0.717, 1.165) is 0 Å². The summed E-state index contributed by atoms with van der Waals surface area (Å²) in [6, 6.07) is 4.22. The average molecular weight is 288 g/mol. The maximum absolute atomic E-state index is 13.2. The Morgan fingerprint density at radius 2 is 2.16 bits per heavy atom. The Morgan fingerprint density at radius 3 is 2.63 bits per heavy atom. The van der Waals surface area contributed by atoms with Gasteiger partial charge < -0.3 is 4.74 Å². The van der Waals surface area contributed by atoms with Crippen molar-refractivity contribution in [3.63, 3.8) is 0 Å². The van der Waals surface area contributed by atoms with Crippen molar-refractivity contribution in [1.29, 1.82) is 0 Å². The lowest BCUT2D eigenvalue weighted by molar-refractivity contribution is -0.148. The summed E-state index contributed by atoms with van der Waals surface area (Å²) in [4.78, 5) is 12.0. The van der Waals surface area contributed by atoms with Crippen molar-refractivity contribution >= 4 is 17.6 Å². The van der Waals surface area contributed by atoms with E-state index in [9.17, 15) is 9.18 Å². The van der Waals surface area contributed by atoms with Crippen LogP contribution in [0.2, 0.25) is 5.02 Å². The quantitative estimate of drug-likeness (QED) is 0.846. The second kappa shape index (κ2) is 6.35. The number of hydrogen-bond donors (Lipinski definition) is 1. The molecule has 0 heterocycles. The molecule has 0 saturated heterocycles. The fraction of sp³-hybridized carbons (Fsp3) is 0.500. The fourth-order valence-corrected chi connectivity index (χ4v) is 1.89. The molecule has 1 rings (SSSR count). The first kappa shape index (κ1) is 15.9. The van der Waals surface area contributed by atoms with Crippen LogP contribution in [0, 0.1) is 11.7 Å². The highest BCUT2D eigenvalue weighted by molar-refractivity contribution is 6.30. The molecule has 0 radical (unpaired) electrons. The number of rotatable bonds is 5. The third-order valence-corrected chi connectivity index (χ3v) is 3.24. The zero-order valence-corrected chi connectivity index (χ0v) is 12.3. The minimum Gasteiger partial charge on any atom is -0.467 e. The van der Waals surface area contributed by atoms with Crippen LogP contribution in [-0.4, -0.2) is 19.6 Å². The molecule has 0 bridgehead atoms. The molecule has 0 fully saturated rings. The lowest BCUT2D eigenvalue weighted by Crippen LogP contribution is -2.48. The number of halogens is 2. The predicted molar refractivity (Wildman–Crippen MR) is 73.6 cm³/mol. The molecule has 3 nitrogen and oxygen atoms in total. The van der Waals surface area contributed by atoms with Gasteiger partial charge in [-0.1, -0.05) is 31.5 Å². The Labute approximate surface area is 118 Å². The molecule has 0 saturated carbocycles. The van der Waals surface area contributed by atoms with Crippen LogP contribution in [0.5, 0.6) is 0 Å². The molecule has 19 heavy (non-hydrogen) atoms. The second-order valence-electron chi connectivity index (χ2n) is 5.02. The van der Waals surface area contributed by atoms with Gasteiger partial charge in [0, 0.05) is 0 Å². The summed E-state index contributed by atoms with van der Waals surface area (Å²) < 4.78 is 18.0. The number of hydrogen-bond acceptors (Lipinski definition) is 3. The molecule has 1 aromatic rings. The number of benzene rings is 1. The van der Waals surface area contributed by atoms with E-state index in [1.54, 1.807) is 6.92 Å². The lowest BCUT2D eigenvalue weighted by atomic mass is 9.91. The van der Waals surface area contributed by atoms with Crippen LogP contribution in [-0.2, 0) is 15.1 Å². The van der Waals surface area contributed by atoms with Crippen LogP contribution < -0.4 is 5.32 Å². The molecule has 106 valence electrons. The highest BCUT2D eigenvalue weighted by atomic mass is 35.5. The fourth-order valence-electron chi connectivity index (χ4n) is 1.71.